The predicted octanol–water partition coefficient (Wildman–Crippen LogP) is 5.52. The van der Waals surface area contributed by atoms with Crippen LogP contribution in [0.25, 0.3) is 11.4 Å². The second-order valence-electron chi connectivity index (χ2n) is 8.54. The first-order valence-electron chi connectivity index (χ1n) is 10.7. The highest BCUT2D eigenvalue weighted by Crippen LogP contribution is 2.31. The van der Waals surface area contributed by atoms with Crippen molar-refractivity contribution in [2.24, 2.45) is 5.10 Å². The van der Waals surface area contributed by atoms with Crippen LogP contribution < -0.4 is 5.43 Å². The van der Waals surface area contributed by atoms with E-state index < -0.39 is 17.6 Å². The Bertz CT molecular complexity index is 1160. The minimum absolute atomic E-state index is 0.0145. The van der Waals surface area contributed by atoms with E-state index in [0.717, 1.165) is 17.8 Å². The van der Waals surface area contributed by atoms with Crippen LogP contribution in [0.15, 0.2) is 58.8 Å². The lowest BCUT2D eigenvalue weighted by Crippen LogP contribution is -2.20. The van der Waals surface area contributed by atoms with Crippen LogP contribution in [0.3, 0.4) is 0 Å². The maximum atomic E-state index is 13.0. The van der Waals surface area contributed by atoms with Crippen molar-refractivity contribution in [1.29, 1.82) is 0 Å². The number of thioether (sulfide) groups is 1. The molecule has 3 rings (SSSR count). The molecule has 0 saturated carbocycles. The van der Waals surface area contributed by atoms with Crippen molar-refractivity contribution in [3.63, 3.8) is 0 Å². The SMILES string of the molecule is CCn1c(SCC(=O)NN=Cc2ccccc2C(F)(F)F)nnc1-c1ccc(C(C)(C)C)cc1. The molecule has 0 bridgehead atoms. The van der Waals surface area contributed by atoms with Crippen LogP contribution in [0.2, 0.25) is 0 Å². The van der Waals surface area contributed by atoms with Gasteiger partial charge in [0.05, 0.1) is 17.5 Å². The highest BCUT2D eigenvalue weighted by molar-refractivity contribution is 7.99. The summed E-state index contributed by atoms with van der Waals surface area (Å²) in [6.07, 6.45) is -3.52. The van der Waals surface area contributed by atoms with Gasteiger partial charge in [0.2, 0.25) is 0 Å². The molecule has 0 atom stereocenters. The van der Waals surface area contributed by atoms with Crippen molar-refractivity contribution >= 4 is 23.9 Å². The number of aromatic nitrogens is 3. The Hall–Kier alpha value is -3.14. The van der Waals surface area contributed by atoms with Crippen molar-refractivity contribution in [1.82, 2.24) is 20.2 Å². The Morgan fingerprint density at radius 2 is 1.76 bits per heavy atom. The zero-order valence-electron chi connectivity index (χ0n) is 19.3. The first-order valence-corrected chi connectivity index (χ1v) is 11.6. The van der Waals surface area contributed by atoms with Gasteiger partial charge >= 0.3 is 6.18 Å². The molecule has 180 valence electrons. The van der Waals surface area contributed by atoms with E-state index in [-0.39, 0.29) is 16.7 Å². The van der Waals surface area contributed by atoms with E-state index >= 15 is 0 Å². The number of carbonyl (C=O) groups excluding carboxylic acids is 1. The summed E-state index contributed by atoms with van der Waals surface area (Å²) in [6.45, 7) is 9.02. The van der Waals surface area contributed by atoms with Crippen LogP contribution in [-0.4, -0.2) is 32.6 Å². The molecule has 3 aromatic rings. The third-order valence-electron chi connectivity index (χ3n) is 5.03. The summed E-state index contributed by atoms with van der Waals surface area (Å²) < 4.78 is 41.0. The predicted molar refractivity (Wildman–Crippen MR) is 128 cm³/mol. The molecule has 0 aliphatic carbocycles. The highest BCUT2D eigenvalue weighted by Gasteiger charge is 2.32. The second kappa shape index (κ2) is 10.4. The molecule has 2 aromatic carbocycles. The first-order chi connectivity index (χ1) is 16.0. The average Bonchev–Trinajstić information content (AvgIpc) is 3.20. The lowest BCUT2D eigenvalue weighted by atomic mass is 9.87. The van der Waals surface area contributed by atoms with Gasteiger partial charge in [-0.2, -0.15) is 18.3 Å². The molecule has 0 radical (unpaired) electrons. The van der Waals surface area contributed by atoms with Gasteiger partial charge < -0.3 is 4.57 Å². The molecule has 34 heavy (non-hydrogen) atoms. The molecule has 0 saturated heterocycles. The maximum absolute atomic E-state index is 13.0. The Morgan fingerprint density at radius 3 is 2.38 bits per heavy atom. The van der Waals surface area contributed by atoms with Crippen LogP contribution in [0.1, 0.15) is 44.4 Å². The van der Waals surface area contributed by atoms with E-state index in [1.807, 2.05) is 23.6 Å². The number of rotatable bonds is 7. The summed E-state index contributed by atoms with van der Waals surface area (Å²) in [7, 11) is 0. The van der Waals surface area contributed by atoms with Gasteiger partial charge in [0.15, 0.2) is 11.0 Å². The van der Waals surface area contributed by atoms with Gasteiger partial charge in [0.25, 0.3) is 5.91 Å². The largest absolute Gasteiger partial charge is 0.417 e. The minimum atomic E-state index is -4.50. The van der Waals surface area contributed by atoms with Crippen molar-refractivity contribution in [2.75, 3.05) is 5.75 Å². The fourth-order valence-corrected chi connectivity index (χ4v) is 4.01. The van der Waals surface area contributed by atoms with E-state index in [1.165, 1.54) is 35.5 Å². The molecular formula is C24H26F3N5OS. The van der Waals surface area contributed by atoms with E-state index in [2.05, 4.69) is 53.6 Å². The van der Waals surface area contributed by atoms with Gasteiger partial charge in [-0.3, -0.25) is 4.79 Å². The molecule has 0 fully saturated rings. The van der Waals surface area contributed by atoms with Crippen LogP contribution in [0.4, 0.5) is 13.2 Å². The second-order valence-corrected chi connectivity index (χ2v) is 9.49. The Kier molecular flexibility index (Phi) is 7.81. The fourth-order valence-electron chi connectivity index (χ4n) is 3.22. The lowest BCUT2D eigenvalue weighted by molar-refractivity contribution is -0.137. The molecule has 6 nitrogen and oxygen atoms in total. The number of halogens is 3. The summed E-state index contributed by atoms with van der Waals surface area (Å²) in [4.78, 5) is 12.2. The van der Waals surface area contributed by atoms with Gasteiger partial charge in [0.1, 0.15) is 0 Å². The fraction of sp³-hybridized carbons (Fsp3) is 0.333. The standard InChI is InChI=1S/C24H26F3N5OS/c1-5-32-21(16-10-12-18(13-11-16)23(2,3)4)30-31-22(32)34-15-20(33)29-28-14-17-8-6-7-9-19(17)24(25,26)27/h6-14H,5,15H2,1-4H3,(H,29,33). The number of benzene rings is 2. The molecule has 10 heteroatoms. The van der Waals surface area contributed by atoms with Gasteiger partial charge in [0, 0.05) is 17.7 Å². The zero-order chi connectivity index (χ0) is 24.9. The number of hydrogen-bond donors (Lipinski definition) is 1. The van der Waals surface area contributed by atoms with E-state index in [9.17, 15) is 18.0 Å². The van der Waals surface area contributed by atoms with E-state index in [0.29, 0.717) is 17.5 Å². The molecule has 0 unspecified atom stereocenters. The smallest absolute Gasteiger partial charge is 0.302 e. The number of nitrogens with zero attached hydrogens (tertiary/aromatic N) is 4. The minimum Gasteiger partial charge on any atom is -0.302 e. The van der Waals surface area contributed by atoms with Crippen molar-refractivity contribution in [3.05, 3.63) is 65.2 Å². The van der Waals surface area contributed by atoms with Crippen molar-refractivity contribution in [2.45, 2.75) is 51.0 Å². The monoisotopic (exact) mass is 489 g/mol. The normalized spacial score (nSPS) is 12.3. The molecule has 1 N–H and O–H groups in total. The van der Waals surface area contributed by atoms with Crippen LogP contribution in [-0.2, 0) is 22.9 Å². The Morgan fingerprint density at radius 1 is 1.09 bits per heavy atom. The highest BCUT2D eigenvalue weighted by atomic mass is 32.2. The Labute approximate surface area is 200 Å². The van der Waals surface area contributed by atoms with Gasteiger partial charge in [-0.15, -0.1) is 10.2 Å². The molecule has 0 aliphatic rings. The Balaban J connectivity index is 1.64. The molecular weight excluding hydrogens is 463 g/mol. The summed E-state index contributed by atoms with van der Waals surface area (Å²) in [5, 5.41) is 12.7. The van der Waals surface area contributed by atoms with Crippen LogP contribution in [0.5, 0.6) is 0 Å². The number of alkyl halides is 3. The lowest BCUT2D eigenvalue weighted by Gasteiger charge is -2.19. The summed E-state index contributed by atoms with van der Waals surface area (Å²) in [5.41, 5.74) is 3.49. The van der Waals surface area contributed by atoms with Gasteiger partial charge in [-0.25, -0.2) is 5.43 Å². The summed E-state index contributed by atoms with van der Waals surface area (Å²) in [5.74, 6) is 0.222. The third-order valence-corrected chi connectivity index (χ3v) is 6.00. The topological polar surface area (TPSA) is 72.2 Å². The summed E-state index contributed by atoms with van der Waals surface area (Å²) in [6, 6.07) is 13.2. The van der Waals surface area contributed by atoms with Crippen LogP contribution >= 0.6 is 11.8 Å². The molecule has 0 aliphatic heterocycles. The van der Waals surface area contributed by atoms with Crippen molar-refractivity contribution < 1.29 is 18.0 Å². The third kappa shape index (κ3) is 6.25. The summed E-state index contributed by atoms with van der Waals surface area (Å²) >= 11 is 1.18. The molecule has 1 amide bonds. The maximum Gasteiger partial charge on any atom is 0.417 e. The number of amides is 1. The average molecular weight is 490 g/mol. The number of carbonyl (C=O) groups is 1. The van der Waals surface area contributed by atoms with E-state index in [1.54, 1.807) is 0 Å². The quantitative estimate of drug-likeness (QED) is 0.269. The number of nitrogens with one attached hydrogen (secondary N) is 1. The number of hydrogen-bond acceptors (Lipinski definition) is 5. The van der Waals surface area contributed by atoms with Crippen LogP contribution in [0, 0.1) is 0 Å². The van der Waals surface area contributed by atoms with Crippen molar-refractivity contribution in [3.8, 4) is 11.4 Å². The number of hydrazone groups is 1. The molecule has 1 aromatic heterocycles. The van der Waals surface area contributed by atoms with E-state index in [4.69, 9.17) is 0 Å². The zero-order valence-corrected chi connectivity index (χ0v) is 20.2. The first kappa shape index (κ1) is 25.5. The molecule has 0 spiro atoms. The molecule has 1 heterocycles. The van der Waals surface area contributed by atoms with Gasteiger partial charge in [-0.05, 0) is 24.0 Å². The van der Waals surface area contributed by atoms with Gasteiger partial charge in [-0.1, -0.05) is 75.0 Å².